The Morgan fingerprint density at radius 1 is 1.42 bits per heavy atom. The Hall–Kier alpha value is -2.08. The monoisotopic (exact) mass is 266 g/mol. The molecular weight excluding hydrogens is 248 g/mol. The van der Waals surface area contributed by atoms with Crippen molar-refractivity contribution in [3.63, 3.8) is 0 Å². The Bertz CT molecular complexity index is 470. The zero-order valence-electron chi connectivity index (χ0n) is 10.7. The van der Waals surface area contributed by atoms with E-state index in [9.17, 15) is 14.7 Å². The van der Waals surface area contributed by atoms with Crippen molar-refractivity contribution in [3.8, 4) is 5.75 Å². The van der Waals surface area contributed by atoms with Gasteiger partial charge in [0.05, 0.1) is 0 Å². The molecule has 1 aromatic rings. The highest BCUT2D eigenvalue weighted by molar-refractivity contribution is 5.94. The summed E-state index contributed by atoms with van der Waals surface area (Å²) in [5.41, 5.74) is 5.68. The topological polar surface area (TPSA) is 113 Å². The van der Waals surface area contributed by atoms with E-state index in [2.05, 4.69) is 5.32 Å². The van der Waals surface area contributed by atoms with Crippen LogP contribution in [0, 0.1) is 5.92 Å². The Morgan fingerprint density at radius 3 is 2.58 bits per heavy atom. The predicted octanol–water partition coefficient (Wildman–Crippen LogP) is 1.40. The number of amides is 1. The second kappa shape index (κ2) is 6.75. The molecule has 0 aliphatic carbocycles. The van der Waals surface area contributed by atoms with Crippen molar-refractivity contribution in [2.45, 2.75) is 19.8 Å². The normalized spacial score (nSPS) is 11.9. The van der Waals surface area contributed by atoms with Crippen molar-refractivity contribution in [2.24, 2.45) is 11.7 Å². The van der Waals surface area contributed by atoms with E-state index in [-0.39, 0.29) is 23.1 Å². The molecule has 0 saturated carbocycles. The molecule has 104 valence electrons. The quantitative estimate of drug-likeness (QED) is 0.621. The highest BCUT2D eigenvalue weighted by Crippen LogP contribution is 2.22. The van der Waals surface area contributed by atoms with Gasteiger partial charge in [-0.15, -0.1) is 0 Å². The minimum Gasteiger partial charge on any atom is -0.507 e. The van der Waals surface area contributed by atoms with Crippen molar-refractivity contribution in [1.82, 2.24) is 0 Å². The summed E-state index contributed by atoms with van der Waals surface area (Å²) in [6, 6.07) is 3.89. The van der Waals surface area contributed by atoms with Crippen molar-refractivity contribution in [3.05, 3.63) is 23.8 Å². The maximum absolute atomic E-state index is 11.7. The van der Waals surface area contributed by atoms with Gasteiger partial charge < -0.3 is 21.3 Å². The molecule has 0 spiro atoms. The Balaban J connectivity index is 2.70. The lowest BCUT2D eigenvalue weighted by Gasteiger charge is -2.12. The standard InChI is InChI=1S/C13H18N2O4/c1-2-8(7-14)5-12(17)15-9-3-4-10(13(18)19)11(16)6-9/h3-4,6,8,16H,2,5,7,14H2,1H3,(H,15,17)(H,18,19). The summed E-state index contributed by atoms with van der Waals surface area (Å²) in [6.07, 6.45) is 1.11. The van der Waals surface area contributed by atoms with Gasteiger partial charge in [-0.3, -0.25) is 4.79 Å². The lowest BCUT2D eigenvalue weighted by atomic mass is 10.0. The first-order chi connectivity index (χ1) is 8.97. The van der Waals surface area contributed by atoms with Crippen molar-refractivity contribution < 1.29 is 19.8 Å². The van der Waals surface area contributed by atoms with Crippen molar-refractivity contribution >= 4 is 17.6 Å². The van der Waals surface area contributed by atoms with Gasteiger partial charge in [-0.2, -0.15) is 0 Å². The SMILES string of the molecule is CCC(CN)CC(=O)Nc1ccc(C(=O)O)c(O)c1. The maximum Gasteiger partial charge on any atom is 0.339 e. The van der Waals surface area contributed by atoms with Crippen LogP contribution in [0.4, 0.5) is 5.69 Å². The summed E-state index contributed by atoms with van der Waals surface area (Å²) in [4.78, 5) is 22.4. The zero-order chi connectivity index (χ0) is 14.4. The fourth-order valence-electron chi connectivity index (χ4n) is 1.66. The van der Waals surface area contributed by atoms with Gasteiger partial charge >= 0.3 is 5.97 Å². The number of hydrogen-bond donors (Lipinski definition) is 4. The van der Waals surface area contributed by atoms with E-state index in [0.29, 0.717) is 18.7 Å². The number of phenols is 1. The maximum atomic E-state index is 11.7. The molecule has 1 aromatic carbocycles. The van der Waals surface area contributed by atoms with Gasteiger partial charge in [-0.05, 0) is 24.6 Å². The first-order valence-corrected chi connectivity index (χ1v) is 6.04. The van der Waals surface area contributed by atoms with Gasteiger partial charge in [0.1, 0.15) is 11.3 Å². The number of benzene rings is 1. The van der Waals surface area contributed by atoms with E-state index in [4.69, 9.17) is 10.8 Å². The van der Waals surface area contributed by atoms with Crippen LogP contribution in [-0.4, -0.2) is 28.6 Å². The molecule has 5 N–H and O–H groups in total. The van der Waals surface area contributed by atoms with Crippen molar-refractivity contribution in [2.75, 3.05) is 11.9 Å². The van der Waals surface area contributed by atoms with Crippen LogP contribution in [0.1, 0.15) is 30.1 Å². The average Bonchev–Trinajstić information content (AvgIpc) is 2.35. The number of carboxylic acid groups (broad SMARTS) is 1. The van der Waals surface area contributed by atoms with Crippen LogP contribution in [0.15, 0.2) is 18.2 Å². The third-order valence-corrected chi connectivity index (χ3v) is 2.90. The fraction of sp³-hybridized carbons (Fsp3) is 0.385. The molecule has 0 saturated heterocycles. The van der Waals surface area contributed by atoms with Crippen LogP contribution in [0.2, 0.25) is 0 Å². The average molecular weight is 266 g/mol. The van der Waals surface area contributed by atoms with Gasteiger partial charge in [0.15, 0.2) is 0 Å². The summed E-state index contributed by atoms with van der Waals surface area (Å²) in [5.74, 6) is -1.69. The molecule has 0 fully saturated rings. The minimum absolute atomic E-state index is 0.117. The lowest BCUT2D eigenvalue weighted by molar-refractivity contribution is -0.117. The predicted molar refractivity (Wildman–Crippen MR) is 71.1 cm³/mol. The number of carbonyl (C=O) groups excluding carboxylic acids is 1. The van der Waals surface area contributed by atoms with E-state index < -0.39 is 5.97 Å². The van der Waals surface area contributed by atoms with Crippen LogP contribution in [0.25, 0.3) is 0 Å². The Kier molecular flexibility index (Phi) is 5.32. The smallest absolute Gasteiger partial charge is 0.339 e. The van der Waals surface area contributed by atoms with E-state index >= 15 is 0 Å². The third kappa shape index (κ3) is 4.26. The second-order valence-electron chi connectivity index (χ2n) is 4.30. The number of aromatic carboxylic acids is 1. The van der Waals surface area contributed by atoms with Gasteiger partial charge in [0.2, 0.25) is 5.91 Å². The molecule has 1 amide bonds. The molecular formula is C13H18N2O4. The number of carboxylic acids is 1. The summed E-state index contributed by atoms with van der Waals surface area (Å²) >= 11 is 0. The number of nitrogens with two attached hydrogens (primary N) is 1. The number of aromatic hydroxyl groups is 1. The summed E-state index contributed by atoms with van der Waals surface area (Å²) in [7, 11) is 0. The van der Waals surface area contributed by atoms with Crippen LogP contribution < -0.4 is 11.1 Å². The van der Waals surface area contributed by atoms with E-state index in [1.54, 1.807) is 0 Å². The highest BCUT2D eigenvalue weighted by atomic mass is 16.4. The molecule has 6 nitrogen and oxygen atoms in total. The largest absolute Gasteiger partial charge is 0.507 e. The molecule has 0 aromatic heterocycles. The van der Waals surface area contributed by atoms with E-state index in [1.807, 2.05) is 6.92 Å². The zero-order valence-corrected chi connectivity index (χ0v) is 10.7. The van der Waals surface area contributed by atoms with Crippen LogP contribution >= 0.6 is 0 Å². The summed E-state index contributed by atoms with van der Waals surface area (Å²) in [5, 5.41) is 20.9. The van der Waals surface area contributed by atoms with Crippen LogP contribution in [0.3, 0.4) is 0 Å². The van der Waals surface area contributed by atoms with E-state index in [0.717, 1.165) is 6.42 Å². The first-order valence-electron chi connectivity index (χ1n) is 6.04. The lowest BCUT2D eigenvalue weighted by Crippen LogP contribution is -2.21. The fourth-order valence-corrected chi connectivity index (χ4v) is 1.66. The van der Waals surface area contributed by atoms with Gasteiger partial charge in [0, 0.05) is 18.2 Å². The first kappa shape index (κ1) is 15.0. The van der Waals surface area contributed by atoms with Crippen LogP contribution in [-0.2, 0) is 4.79 Å². The summed E-state index contributed by atoms with van der Waals surface area (Å²) in [6.45, 7) is 2.39. The molecule has 0 heterocycles. The molecule has 1 unspecified atom stereocenters. The molecule has 0 aliphatic rings. The number of nitrogens with one attached hydrogen (secondary N) is 1. The highest BCUT2D eigenvalue weighted by Gasteiger charge is 2.13. The van der Waals surface area contributed by atoms with Gasteiger partial charge in [-0.1, -0.05) is 13.3 Å². The van der Waals surface area contributed by atoms with Crippen molar-refractivity contribution in [1.29, 1.82) is 0 Å². The summed E-state index contributed by atoms with van der Waals surface area (Å²) < 4.78 is 0. The molecule has 19 heavy (non-hydrogen) atoms. The van der Waals surface area contributed by atoms with Crippen LogP contribution in [0.5, 0.6) is 5.75 Å². The second-order valence-corrected chi connectivity index (χ2v) is 4.30. The molecule has 1 atom stereocenters. The number of anilines is 1. The molecule has 0 radical (unpaired) electrons. The third-order valence-electron chi connectivity index (χ3n) is 2.90. The molecule has 6 heteroatoms. The molecule has 0 bridgehead atoms. The number of carbonyl (C=O) groups is 2. The molecule has 0 aliphatic heterocycles. The number of hydrogen-bond acceptors (Lipinski definition) is 4. The van der Waals surface area contributed by atoms with E-state index in [1.165, 1.54) is 18.2 Å². The van der Waals surface area contributed by atoms with Gasteiger partial charge in [-0.25, -0.2) is 4.79 Å². The minimum atomic E-state index is -1.22. The Labute approximate surface area is 111 Å². The van der Waals surface area contributed by atoms with Gasteiger partial charge in [0.25, 0.3) is 0 Å². The molecule has 1 rings (SSSR count). The Morgan fingerprint density at radius 2 is 2.11 bits per heavy atom. The number of rotatable bonds is 6.